The van der Waals surface area contributed by atoms with Crippen LogP contribution in [0, 0.1) is 6.92 Å². The van der Waals surface area contributed by atoms with E-state index < -0.39 is 24.5 Å². The SMILES string of the molecule is CN=C(NCCCNC(=O)OC(C)(C)C)NCc1ccc(C)cc1OCC(F)(F)F. The first-order valence-corrected chi connectivity index (χ1v) is 9.60. The third kappa shape index (κ3) is 11.4. The first-order valence-electron chi connectivity index (χ1n) is 9.60. The van der Waals surface area contributed by atoms with Crippen molar-refractivity contribution in [3.63, 3.8) is 0 Å². The maximum absolute atomic E-state index is 12.5. The zero-order valence-corrected chi connectivity index (χ0v) is 18.1. The van der Waals surface area contributed by atoms with Gasteiger partial charge in [-0.2, -0.15) is 13.2 Å². The fourth-order valence-electron chi connectivity index (χ4n) is 2.30. The average molecular weight is 432 g/mol. The first kappa shape index (κ1) is 25.4. The fourth-order valence-corrected chi connectivity index (χ4v) is 2.30. The number of hydrogen-bond donors (Lipinski definition) is 3. The summed E-state index contributed by atoms with van der Waals surface area (Å²) in [5.74, 6) is 0.659. The van der Waals surface area contributed by atoms with E-state index in [1.54, 1.807) is 52.9 Å². The molecule has 3 N–H and O–H groups in total. The number of carbonyl (C=O) groups is 1. The standard InChI is InChI=1S/C20H31F3N4O3/c1-14-7-8-15(16(11-14)29-13-20(21,22)23)12-27-17(24-5)25-9-6-10-26-18(28)30-19(2,3)4/h7-8,11H,6,9-10,12-13H2,1-5H3,(H,26,28)(H2,24,25,27). The van der Waals surface area contributed by atoms with Crippen LogP contribution in [0.25, 0.3) is 0 Å². The Morgan fingerprint density at radius 2 is 1.77 bits per heavy atom. The minimum absolute atomic E-state index is 0.178. The molecule has 0 aliphatic heterocycles. The molecule has 0 aliphatic rings. The molecule has 1 aromatic carbocycles. The van der Waals surface area contributed by atoms with Crippen LogP contribution in [-0.2, 0) is 11.3 Å². The maximum Gasteiger partial charge on any atom is 0.422 e. The summed E-state index contributed by atoms with van der Waals surface area (Å²) in [5.41, 5.74) is 0.836. The van der Waals surface area contributed by atoms with E-state index in [4.69, 9.17) is 9.47 Å². The van der Waals surface area contributed by atoms with Gasteiger partial charge in [0.1, 0.15) is 11.4 Å². The van der Waals surface area contributed by atoms with Crippen LogP contribution in [0.15, 0.2) is 23.2 Å². The molecule has 1 rings (SSSR count). The molecule has 0 spiro atoms. The second kappa shape index (κ2) is 11.5. The number of alkyl halides is 3. The molecule has 30 heavy (non-hydrogen) atoms. The lowest BCUT2D eigenvalue weighted by molar-refractivity contribution is -0.153. The number of halogens is 3. The van der Waals surface area contributed by atoms with Crippen molar-refractivity contribution < 1.29 is 27.4 Å². The largest absolute Gasteiger partial charge is 0.484 e. The molecule has 0 saturated heterocycles. The van der Waals surface area contributed by atoms with Crippen LogP contribution >= 0.6 is 0 Å². The molecule has 0 atom stereocenters. The second-order valence-electron chi connectivity index (χ2n) is 7.65. The van der Waals surface area contributed by atoms with Gasteiger partial charge in [0.05, 0.1) is 0 Å². The highest BCUT2D eigenvalue weighted by Gasteiger charge is 2.28. The number of rotatable bonds is 8. The van der Waals surface area contributed by atoms with Crippen molar-refractivity contribution in [1.29, 1.82) is 0 Å². The number of nitrogens with zero attached hydrogens (tertiary/aromatic N) is 1. The average Bonchev–Trinajstić information content (AvgIpc) is 2.61. The molecule has 10 heteroatoms. The Bertz CT molecular complexity index is 716. The van der Waals surface area contributed by atoms with Gasteiger partial charge in [0.25, 0.3) is 0 Å². The van der Waals surface area contributed by atoms with Crippen LogP contribution in [0.3, 0.4) is 0 Å². The highest BCUT2D eigenvalue weighted by Crippen LogP contribution is 2.23. The van der Waals surface area contributed by atoms with Gasteiger partial charge in [0, 0.05) is 32.2 Å². The van der Waals surface area contributed by atoms with Crippen LogP contribution < -0.4 is 20.7 Å². The Balaban J connectivity index is 2.45. The summed E-state index contributed by atoms with van der Waals surface area (Å²) < 4.78 is 47.5. The second-order valence-corrected chi connectivity index (χ2v) is 7.65. The van der Waals surface area contributed by atoms with Crippen LogP contribution in [0.5, 0.6) is 5.75 Å². The zero-order chi connectivity index (χ0) is 22.8. The van der Waals surface area contributed by atoms with Gasteiger partial charge in [-0.3, -0.25) is 4.99 Å². The zero-order valence-electron chi connectivity index (χ0n) is 18.1. The van der Waals surface area contributed by atoms with Gasteiger partial charge < -0.3 is 25.4 Å². The summed E-state index contributed by atoms with van der Waals surface area (Å²) in [6, 6.07) is 5.09. The van der Waals surface area contributed by atoms with Crippen molar-refractivity contribution in [3.8, 4) is 5.75 Å². The molecule has 0 fully saturated rings. The third-order valence-electron chi connectivity index (χ3n) is 3.60. The minimum atomic E-state index is -4.40. The van der Waals surface area contributed by atoms with E-state index in [0.29, 0.717) is 31.0 Å². The number of hydrogen-bond acceptors (Lipinski definition) is 4. The molecular weight excluding hydrogens is 401 g/mol. The topological polar surface area (TPSA) is 84.0 Å². The number of guanidine groups is 1. The van der Waals surface area contributed by atoms with Gasteiger partial charge in [-0.25, -0.2) is 4.79 Å². The smallest absolute Gasteiger partial charge is 0.422 e. The van der Waals surface area contributed by atoms with Gasteiger partial charge in [0.2, 0.25) is 0 Å². The summed E-state index contributed by atoms with van der Waals surface area (Å²) in [4.78, 5) is 15.6. The summed E-state index contributed by atoms with van der Waals surface area (Å²) in [6.07, 6.45) is -4.25. The number of benzene rings is 1. The number of carbonyl (C=O) groups excluding carboxylic acids is 1. The summed E-state index contributed by atoms with van der Waals surface area (Å²) in [6.45, 7) is 6.99. The normalized spacial score (nSPS) is 12.3. The number of alkyl carbamates (subject to hydrolysis) is 1. The summed E-state index contributed by atoms with van der Waals surface area (Å²) in [7, 11) is 1.59. The quantitative estimate of drug-likeness (QED) is 0.333. The number of amides is 1. The molecule has 1 amide bonds. The van der Waals surface area contributed by atoms with E-state index in [1.807, 2.05) is 0 Å². The highest BCUT2D eigenvalue weighted by molar-refractivity contribution is 5.79. The molecular formula is C20H31F3N4O3. The lowest BCUT2D eigenvalue weighted by Gasteiger charge is -2.19. The molecule has 0 aliphatic carbocycles. The van der Waals surface area contributed by atoms with E-state index >= 15 is 0 Å². The van der Waals surface area contributed by atoms with Crippen LogP contribution in [0.2, 0.25) is 0 Å². The number of ether oxygens (including phenoxy) is 2. The Morgan fingerprint density at radius 3 is 2.37 bits per heavy atom. The van der Waals surface area contributed by atoms with Crippen molar-refractivity contribution in [1.82, 2.24) is 16.0 Å². The van der Waals surface area contributed by atoms with E-state index in [9.17, 15) is 18.0 Å². The van der Waals surface area contributed by atoms with Crippen molar-refractivity contribution in [2.24, 2.45) is 4.99 Å². The van der Waals surface area contributed by atoms with Crippen molar-refractivity contribution in [3.05, 3.63) is 29.3 Å². The first-order chi connectivity index (χ1) is 13.9. The third-order valence-corrected chi connectivity index (χ3v) is 3.60. The number of nitrogens with one attached hydrogen (secondary N) is 3. The maximum atomic E-state index is 12.5. The lowest BCUT2D eigenvalue weighted by atomic mass is 10.1. The predicted octanol–water partition coefficient (Wildman–Crippen LogP) is 3.52. The van der Waals surface area contributed by atoms with Crippen LogP contribution in [0.4, 0.5) is 18.0 Å². The van der Waals surface area contributed by atoms with Crippen molar-refractivity contribution in [2.45, 2.75) is 52.4 Å². The molecule has 0 heterocycles. The molecule has 0 unspecified atom stereocenters. The molecule has 0 bridgehead atoms. The molecule has 0 saturated carbocycles. The lowest BCUT2D eigenvalue weighted by Crippen LogP contribution is -2.39. The van der Waals surface area contributed by atoms with Gasteiger partial charge in [-0.1, -0.05) is 12.1 Å². The van der Waals surface area contributed by atoms with Crippen molar-refractivity contribution in [2.75, 3.05) is 26.7 Å². The van der Waals surface area contributed by atoms with Crippen LogP contribution in [-0.4, -0.2) is 50.6 Å². The summed E-state index contributed by atoms with van der Waals surface area (Å²) >= 11 is 0. The minimum Gasteiger partial charge on any atom is -0.484 e. The Kier molecular flexibility index (Phi) is 9.74. The van der Waals surface area contributed by atoms with E-state index in [2.05, 4.69) is 20.9 Å². The Labute approximate surface area is 175 Å². The van der Waals surface area contributed by atoms with Crippen LogP contribution in [0.1, 0.15) is 38.3 Å². The molecule has 0 aromatic heterocycles. The Morgan fingerprint density at radius 1 is 1.10 bits per heavy atom. The number of aliphatic imine (C=N–C) groups is 1. The molecule has 1 aromatic rings. The fraction of sp³-hybridized carbons (Fsp3) is 0.600. The summed E-state index contributed by atoms with van der Waals surface area (Å²) in [5, 5.41) is 8.77. The van der Waals surface area contributed by atoms with Gasteiger partial charge in [-0.05, 0) is 45.7 Å². The van der Waals surface area contributed by atoms with Gasteiger partial charge in [-0.15, -0.1) is 0 Å². The Hall–Kier alpha value is -2.65. The van der Waals surface area contributed by atoms with Gasteiger partial charge in [0.15, 0.2) is 12.6 Å². The van der Waals surface area contributed by atoms with E-state index in [-0.39, 0.29) is 12.3 Å². The monoisotopic (exact) mass is 432 g/mol. The highest BCUT2D eigenvalue weighted by atomic mass is 19.4. The number of aryl methyl sites for hydroxylation is 1. The van der Waals surface area contributed by atoms with E-state index in [1.165, 1.54) is 0 Å². The van der Waals surface area contributed by atoms with Crippen molar-refractivity contribution >= 4 is 12.1 Å². The van der Waals surface area contributed by atoms with Gasteiger partial charge >= 0.3 is 12.3 Å². The predicted molar refractivity (Wildman–Crippen MR) is 110 cm³/mol. The van der Waals surface area contributed by atoms with E-state index in [0.717, 1.165) is 5.56 Å². The molecule has 7 nitrogen and oxygen atoms in total. The molecule has 170 valence electrons. The molecule has 0 radical (unpaired) electrons.